The Balaban J connectivity index is 2.59. The third-order valence-corrected chi connectivity index (χ3v) is 3.86. The molecule has 1 aromatic carbocycles. The minimum atomic E-state index is -3.39. The Bertz CT molecular complexity index is 558. The summed E-state index contributed by atoms with van der Waals surface area (Å²) in [5.74, 6) is -1.48. The lowest BCUT2D eigenvalue weighted by atomic mass is 10.1. The number of carbonyl (C=O) groups excluding carboxylic acids is 1. The van der Waals surface area contributed by atoms with Crippen LogP contribution in [0, 0.1) is 12.7 Å². The lowest BCUT2D eigenvalue weighted by molar-refractivity contribution is 0.0952. The van der Waals surface area contributed by atoms with Crippen LogP contribution < -0.4 is 10.0 Å². The van der Waals surface area contributed by atoms with Crippen LogP contribution in [0.5, 0.6) is 0 Å². The molecule has 0 spiro atoms. The Morgan fingerprint density at radius 2 is 2.05 bits per heavy atom. The van der Waals surface area contributed by atoms with Crippen molar-refractivity contribution in [1.82, 2.24) is 10.0 Å². The van der Waals surface area contributed by atoms with Gasteiger partial charge >= 0.3 is 0 Å². The molecule has 1 aromatic rings. The Hall–Kier alpha value is -1.47. The van der Waals surface area contributed by atoms with Crippen LogP contribution >= 0.6 is 0 Å². The van der Waals surface area contributed by atoms with E-state index in [4.69, 9.17) is 0 Å². The molecule has 106 valence electrons. The molecule has 0 fully saturated rings. The maximum absolute atomic E-state index is 13.4. The average molecular weight is 288 g/mol. The van der Waals surface area contributed by atoms with Gasteiger partial charge in [-0.05, 0) is 19.1 Å². The number of benzene rings is 1. The van der Waals surface area contributed by atoms with Crippen molar-refractivity contribution >= 4 is 15.9 Å². The SMILES string of the molecule is CCNS(=O)(=O)CCNC(=O)c1cc(C)ccc1F. The van der Waals surface area contributed by atoms with Crippen LogP contribution in [0.4, 0.5) is 4.39 Å². The number of halogens is 1. The molecule has 7 heteroatoms. The largest absolute Gasteiger partial charge is 0.351 e. The fraction of sp³-hybridized carbons (Fsp3) is 0.417. The second kappa shape index (κ2) is 6.63. The average Bonchev–Trinajstić information content (AvgIpc) is 2.31. The van der Waals surface area contributed by atoms with Crippen molar-refractivity contribution in [2.75, 3.05) is 18.8 Å². The summed E-state index contributed by atoms with van der Waals surface area (Å²) >= 11 is 0. The van der Waals surface area contributed by atoms with Gasteiger partial charge in [-0.1, -0.05) is 18.6 Å². The summed E-state index contributed by atoms with van der Waals surface area (Å²) in [7, 11) is -3.39. The van der Waals surface area contributed by atoms with Gasteiger partial charge in [0.2, 0.25) is 10.0 Å². The van der Waals surface area contributed by atoms with E-state index in [1.165, 1.54) is 12.1 Å². The highest BCUT2D eigenvalue weighted by Gasteiger charge is 2.13. The fourth-order valence-corrected chi connectivity index (χ4v) is 2.45. The molecule has 2 N–H and O–H groups in total. The predicted octanol–water partition coefficient (Wildman–Crippen LogP) is 0.803. The number of hydrogen-bond donors (Lipinski definition) is 2. The monoisotopic (exact) mass is 288 g/mol. The van der Waals surface area contributed by atoms with Gasteiger partial charge in [-0.15, -0.1) is 0 Å². The van der Waals surface area contributed by atoms with E-state index >= 15 is 0 Å². The summed E-state index contributed by atoms with van der Waals surface area (Å²) in [6, 6.07) is 4.19. The van der Waals surface area contributed by atoms with Crippen LogP contribution in [0.25, 0.3) is 0 Å². The smallest absolute Gasteiger partial charge is 0.254 e. The van der Waals surface area contributed by atoms with Crippen LogP contribution in [0.1, 0.15) is 22.8 Å². The lowest BCUT2D eigenvalue weighted by Crippen LogP contribution is -2.34. The van der Waals surface area contributed by atoms with Crippen LogP contribution in [-0.2, 0) is 10.0 Å². The van der Waals surface area contributed by atoms with Crippen LogP contribution in [-0.4, -0.2) is 33.2 Å². The van der Waals surface area contributed by atoms with Gasteiger partial charge in [0.05, 0.1) is 11.3 Å². The maximum atomic E-state index is 13.4. The van der Waals surface area contributed by atoms with E-state index in [1.807, 2.05) is 0 Å². The molecule has 0 bridgehead atoms. The first-order valence-corrected chi connectivity index (χ1v) is 7.52. The first-order chi connectivity index (χ1) is 8.85. The van der Waals surface area contributed by atoms with E-state index in [2.05, 4.69) is 10.0 Å². The molecular formula is C12H17FN2O3S. The molecule has 0 atom stereocenters. The predicted molar refractivity (Wildman–Crippen MR) is 70.9 cm³/mol. The van der Waals surface area contributed by atoms with E-state index < -0.39 is 21.7 Å². The molecule has 0 aliphatic carbocycles. The van der Waals surface area contributed by atoms with Crippen molar-refractivity contribution in [3.05, 3.63) is 35.1 Å². The number of rotatable bonds is 6. The van der Waals surface area contributed by atoms with Crippen molar-refractivity contribution < 1.29 is 17.6 Å². The standard InChI is InChI=1S/C12H17FN2O3S/c1-3-15-19(17,18)7-6-14-12(16)10-8-9(2)4-5-11(10)13/h4-5,8,15H,3,6-7H2,1-2H3,(H,14,16). The van der Waals surface area contributed by atoms with E-state index in [0.717, 1.165) is 5.56 Å². The number of amides is 1. The highest BCUT2D eigenvalue weighted by Crippen LogP contribution is 2.09. The summed E-state index contributed by atoms with van der Waals surface area (Å²) < 4.78 is 38.4. The minimum absolute atomic E-state index is 0.0679. The Kier molecular flexibility index (Phi) is 5.44. The summed E-state index contributed by atoms with van der Waals surface area (Å²) in [6.45, 7) is 3.63. The van der Waals surface area contributed by atoms with Crippen molar-refractivity contribution in [3.63, 3.8) is 0 Å². The van der Waals surface area contributed by atoms with Crippen LogP contribution in [0.2, 0.25) is 0 Å². The van der Waals surface area contributed by atoms with Crippen molar-refractivity contribution in [3.8, 4) is 0 Å². The molecule has 1 amide bonds. The number of aryl methyl sites for hydroxylation is 1. The Morgan fingerprint density at radius 1 is 1.37 bits per heavy atom. The molecular weight excluding hydrogens is 271 g/mol. The number of carbonyl (C=O) groups is 1. The van der Waals surface area contributed by atoms with E-state index in [0.29, 0.717) is 6.54 Å². The highest BCUT2D eigenvalue weighted by atomic mass is 32.2. The Labute approximate surface area is 112 Å². The fourth-order valence-electron chi connectivity index (χ4n) is 1.50. The van der Waals surface area contributed by atoms with Gasteiger partial charge in [-0.3, -0.25) is 4.79 Å². The summed E-state index contributed by atoms with van der Waals surface area (Å²) in [5.41, 5.74) is 0.674. The summed E-state index contributed by atoms with van der Waals surface area (Å²) in [5, 5.41) is 2.38. The van der Waals surface area contributed by atoms with E-state index in [9.17, 15) is 17.6 Å². The molecule has 0 radical (unpaired) electrons. The molecule has 0 aliphatic rings. The van der Waals surface area contributed by atoms with Gasteiger partial charge in [-0.25, -0.2) is 17.5 Å². The number of nitrogens with one attached hydrogen (secondary N) is 2. The van der Waals surface area contributed by atoms with Gasteiger partial charge in [0, 0.05) is 13.1 Å². The summed E-state index contributed by atoms with van der Waals surface area (Å²) in [4.78, 5) is 11.7. The number of hydrogen-bond acceptors (Lipinski definition) is 3. The van der Waals surface area contributed by atoms with Gasteiger partial charge in [0.25, 0.3) is 5.91 Å². The first-order valence-electron chi connectivity index (χ1n) is 5.87. The zero-order valence-corrected chi connectivity index (χ0v) is 11.7. The maximum Gasteiger partial charge on any atom is 0.254 e. The second-order valence-electron chi connectivity index (χ2n) is 4.06. The first kappa shape index (κ1) is 15.6. The quantitative estimate of drug-likeness (QED) is 0.813. The third kappa shape index (κ3) is 4.96. The van der Waals surface area contributed by atoms with Crippen LogP contribution in [0.3, 0.4) is 0 Å². The molecule has 0 saturated heterocycles. The topological polar surface area (TPSA) is 75.3 Å². The zero-order valence-electron chi connectivity index (χ0n) is 10.9. The third-order valence-electron chi connectivity index (χ3n) is 2.39. The molecule has 5 nitrogen and oxygen atoms in total. The van der Waals surface area contributed by atoms with E-state index in [-0.39, 0.29) is 17.9 Å². The molecule has 0 aromatic heterocycles. The van der Waals surface area contributed by atoms with Crippen molar-refractivity contribution in [2.45, 2.75) is 13.8 Å². The number of sulfonamides is 1. The van der Waals surface area contributed by atoms with Gasteiger partial charge < -0.3 is 5.32 Å². The lowest BCUT2D eigenvalue weighted by Gasteiger charge is -2.07. The molecule has 0 heterocycles. The van der Waals surface area contributed by atoms with Crippen LogP contribution in [0.15, 0.2) is 18.2 Å². The van der Waals surface area contributed by atoms with Crippen molar-refractivity contribution in [1.29, 1.82) is 0 Å². The van der Waals surface area contributed by atoms with Gasteiger partial charge in [-0.2, -0.15) is 0 Å². The molecule has 1 rings (SSSR count). The minimum Gasteiger partial charge on any atom is -0.351 e. The van der Waals surface area contributed by atoms with Crippen molar-refractivity contribution in [2.24, 2.45) is 0 Å². The normalized spacial score (nSPS) is 11.3. The molecule has 0 saturated carbocycles. The highest BCUT2D eigenvalue weighted by molar-refractivity contribution is 7.89. The zero-order chi connectivity index (χ0) is 14.5. The van der Waals surface area contributed by atoms with Gasteiger partial charge in [0.1, 0.15) is 5.82 Å². The molecule has 19 heavy (non-hydrogen) atoms. The Morgan fingerprint density at radius 3 is 2.68 bits per heavy atom. The molecule has 0 unspecified atom stereocenters. The second-order valence-corrected chi connectivity index (χ2v) is 5.98. The van der Waals surface area contributed by atoms with E-state index in [1.54, 1.807) is 19.9 Å². The van der Waals surface area contributed by atoms with Gasteiger partial charge in [0.15, 0.2) is 0 Å². The summed E-state index contributed by atoms with van der Waals surface area (Å²) in [6.07, 6.45) is 0. The molecule has 0 aliphatic heterocycles.